The molecule has 0 aromatic rings. The molecule has 0 radical (unpaired) electrons. The summed E-state index contributed by atoms with van der Waals surface area (Å²) in [5.41, 5.74) is 5.55. The van der Waals surface area contributed by atoms with Crippen LogP contribution in [0.3, 0.4) is 0 Å². The van der Waals surface area contributed by atoms with Gasteiger partial charge in [0.1, 0.15) is 0 Å². The highest BCUT2D eigenvalue weighted by Gasteiger charge is 2.28. The average molecular weight is 257 g/mol. The van der Waals surface area contributed by atoms with Crippen LogP contribution in [0.1, 0.15) is 33.1 Å². The molecule has 0 aromatic carbocycles. The minimum Gasteiger partial charge on any atom is -0.409 e. The molecule has 0 aromatic heterocycles. The number of amides is 1. The Hall–Kier alpha value is -1.30. The molecule has 104 valence electrons. The quantitative estimate of drug-likeness (QED) is 0.318. The Bertz CT molecular complexity index is 301. The summed E-state index contributed by atoms with van der Waals surface area (Å²) < 4.78 is 5.53. The second-order valence-corrected chi connectivity index (χ2v) is 4.50. The summed E-state index contributed by atoms with van der Waals surface area (Å²) in [7, 11) is 0. The largest absolute Gasteiger partial charge is 0.409 e. The van der Waals surface area contributed by atoms with Crippen LogP contribution in [0.15, 0.2) is 5.16 Å². The van der Waals surface area contributed by atoms with Crippen molar-refractivity contribution in [2.24, 2.45) is 16.8 Å². The smallest absolute Gasteiger partial charge is 0.233 e. The molecule has 1 aliphatic heterocycles. The van der Waals surface area contributed by atoms with Crippen LogP contribution in [-0.2, 0) is 9.53 Å². The number of amidine groups is 1. The van der Waals surface area contributed by atoms with E-state index in [-0.39, 0.29) is 17.8 Å². The summed E-state index contributed by atoms with van der Waals surface area (Å²) in [5, 5.41) is 11.6. The summed E-state index contributed by atoms with van der Waals surface area (Å²) in [4.78, 5) is 14.0. The Morgan fingerprint density at radius 2 is 2.33 bits per heavy atom. The zero-order valence-electron chi connectivity index (χ0n) is 11.1. The first-order valence-electron chi connectivity index (χ1n) is 6.51. The standard InChI is InChI=1S/C12H23N3O3/c1-3-10(11(13)14-17)12(16)15(4-2)8-9-6-5-7-18-9/h9-10,17H,3-8H2,1-2H3,(H2,13,14). The van der Waals surface area contributed by atoms with E-state index in [1.807, 2.05) is 13.8 Å². The Morgan fingerprint density at radius 3 is 2.78 bits per heavy atom. The zero-order valence-corrected chi connectivity index (χ0v) is 11.1. The summed E-state index contributed by atoms with van der Waals surface area (Å²) in [6.07, 6.45) is 2.69. The van der Waals surface area contributed by atoms with Crippen LogP contribution in [0.2, 0.25) is 0 Å². The van der Waals surface area contributed by atoms with Crippen LogP contribution in [-0.4, -0.2) is 47.7 Å². The van der Waals surface area contributed by atoms with Gasteiger partial charge < -0.3 is 20.6 Å². The topological polar surface area (TPSA) is 88.2 Å². The first-order chi connectivity index (χ1) is 8.63. The third kappa shape index (κ3) is 3.60. The SMILES string of the molecule is CCC(C(=O)N(CC)CC1CCCO1)C(N)=NO. The van der Waals surface area contributed by atoms with Crippen LogP contribution in [0.25, 0.3) is 0 Å². The molecule has 1 amide bonds. The lowest BCUT2D eigenvalue weighted by Crippen LogP contribution is -2.44. The summed E-state index contributed by atoms with van der Waals surface area (Å²) in [5.74, 6) is -0.657. The highest BCUT2D eigenvalue weighted by molar-refractivity contribution is 6.02. The van der Waals surface area contributed by atoms with Gasteiger partial charge in [0.05, 0.1) is 12.0 Å². The van der Waals surface area contributed by atoms with Crippen molar-refractivity contribution < 1.29 is 14.7 Å². The maximum absolute atomic E-state index is 12.3. The van der Waals surface area contributed by atoms with Gasteiger partial charge in [0.15, 0.2) is 5.84 Å². The molecular weight excluding hydrogens is 234 g/mol. The van der Waals surface area contributed by atoms with E-state index in [1.54, 1.807) is 4.90 Å². The van der Waals surface area contributed by atoms with Crippen LogP contribution in [0, 0.1) is 5.92 Å². The highest BCUT2D eigenvalue weighted by atomic mass is 16.5. The van der Waals surface area contributed by atoms with Crippen molar-refractivity contribution in [3.8, 4) is 0 Å². The molecule has 0 saturated carbocycles. The van der Waals surface area contributed by atoms with Gasteiger partial charge in [0.25, 0.3) is 0 Å². The van der Waals surface area contributed by atoms with Crippen LogP contribution < -0.4 is 5.73 Å². The number of hydrogen-bond donors (Lipinski definition) is 2. The Morgan fingerprint density at radius 1 is 1.61 bits per heavy atom. The van der Waals surface area contributed by atoms with E-state index in [2.05, 4.69) is 5.16 Å². The molecule has 0 bridgehead atoms. The lowest BCUT2D eigenvalue weighted by molar-refractivity contribution is -0.134. The van der Waals surface area contributed by atoms with Crippen molar-refractivity contribution in [1.82, 2.24) is 4.90 Å². The molecule has 18 heavy (non-hydrogen) atoms. The van der Waals surface area contributed by atoms with Crippen molar-refractivity contribution in [2.75, 3.05) is 19.7 Å². The molecule has 3 N–H and O–H groups in total. The van der Waals surface area contributed by atoms with E-state index in [1.165, 1.54) is 0 Å². The molecule has 2 unspecified atom stereocenters. The summed E-state index contributed by atoms with van der Waals surface area (Å²) >= 11 is 0. The number of ether oxygens (including phenoxy) is 1. The molecule has 1 fully saturated rings. The second-order valence-electron chi connectivity index (χ2n) is 4.50. The van der Waals surface area contributed by atoms with Gasteiger partial charge in [-0.2, -0.15) is 0 Å². The molecular formula is C12H23N3O3. The second kappa shape index (κ2) is 7.20. The number of hydrogen-bond acceptors (Lipinski definition) is 4. The monoisotopic (exact) mass is 257 g/mol. The van der Waals surface area contributed by atoms with Gasteiger partial charge in [-0.15, -0.1) is 0 Å². The molecule has 2 atom stereocenters. The fourth-order valence-corrected chi connectivity index (χ4v) is 2.21. The van der Waals surface area contributed by atoms with Gasteiger partial charge in [0, 0.05) is 19.7 Å². The molecule has 0 aliphatic carbocycles. The van der Waals surface area contributed by atoms with Crippen molar-refractivity contribution in [3.05, 3.63) is 0 Å². The number of oxime groups is 1. The van der Waals surface area contributed by atoms with Gasteiger partial charge in [-0.1, -0.05) is 12.1 Å². The average Bonchev–Trinajstić information content (AvgIpc) is 2.89. The van der Waals surface area contributed by atoms with Gasteiger partial charge in [0.2, 0.25) is 5.91 Å². The summed E-state index contributed by atoms with van der Waals surface area (Å²) in [6, 6.07) is 0. The molecule has 6 nitrogen and oxygen atoms in total. The Balaban J connectivity index is 2.64. The molecule has 1 aliphatic rings. The van der Waals surface area contributed by atoms with E-state index >= 15 is 0 Å². The van der Waals surface area contributed by atoms with Crippen molar-refractivity contribution in [1.29, 1.82) is 0 Å². The van der Waals surface area contributed by atoms with Crippen molar-refractivity contribution >= 4 is 11.7 Å². The molecule has 1 heterocycles. The lowest BCUT2D eigenvalue weighted by atomic mass is 10.0. The maximum Gasteiger partial charge on any atom is 0.233 e. The van der Waals surface area contributed by atoms with Crippen molar-refractivity contribution in [2.45, 2.75) is 39.2 Å². The first kappa shape index (κ1) is 14.8. The van der Waals surface area contributed by atoms with E-state index in [0.717, 1.165) is 19.4 Å². The number of carbonyl (C=O) groups is 1. The molecule has 1 rings (SSSR count). The van der Waals surface area contributed by atoms with E-state index in [9.17, 15) is 4.79 Å². The fraction of sp³-hybridized carbons (Fsp3) is 0.833. The summed E-state index contributed by atoms with van der Waals surface area (Å²) in [6.45, 7) is 5.73. The third-order valence-corrected chi connectivity index (χ3v) is 3.32. The third-order valence-electron chi connectivity index (χ3n) is 3.32. The Kier molecular flexibility index (Phi) is 5.91. The van der Waals surface area contributed by atoms with Gasteiger partial charge >= 0.3 is 0 Å². The Labute approximate surface area is 108 Å². The predicted molar refractivity (Wildman–Crippen MR) is 68.4 cm³/mol. The normalized spacial score (nSPS) is 21.9. The minimum atomic E-state index is -0.545. The van der Waals surface area contributed by atoms with E-state index < -0.39 is 5.92 Å². The number of nitrogens with zero attached hydrogens (tertiary/aromatic N) is 2. The predicted octanol–water partition coefficient (Wildman–Crippen LogP) is 0.787. The molecule has 0 spiro atoms. The minimum absolute atomic E-state index is 0.0201. The van der Waals surface area contributed by atoms with Gasteiger partial charge in [-0.05, 0) is 26.2 Å². The molecule has 1 saturated heterocycles. The van der Waals surface area contributed by atoms with Crippen molar-refractivity contribution in [3.63, 3.8) is 0 Å². The zero-order chi connectivity index (χ0) is 13.5. The van der Waals surface area contributed by atoms with Crippen LogP contribution >= 0.6 is 0 Å². The number of likely N-dealkylation sites (N-methyl/N-ethyl adjacent to an activating group) is 1. The number of nitrogens with two attached hydrogens (primary N) is 1. The maximum atomic E-state index is 12.3. The number of rotatable bonds is 6. The lowest BCUT2D eigenvalue weighted by Gasteiger charge is -2.27. The number of carbonyl (C=O) groups excluding carboxylic acids is 1. The highest BCUT2D eigenvalue weighted by Crippen LogP contribution is 2.15. The first-order valence-corrected chi connectivity index (χ1v) is 6.51. The van der Waals surface area contributed by atoms with Gasteiger partial charge in [-0.3, -0.25) is 4.79 Å². The van der Waals surface area contributed by atoms with Crippen LogP contribution in [0.5, 0.6) is 0 Å². The molecule has 6 heteroatoms. The van der Waals surface area contributed by atoms with Gasteiger partial charge in [-0.25, -0.2) is 0 Å². The van der Waals surface area contributed by atoms with Crippen LogP contribution in [0.4, 0.5) is 0 Å². The van der Waals surface area contributed by atoms with E-state index in [0.29, 0.717) is 19.5 Å². The fourth-order valence-electron chi connectivity index (χ4n) is 2.21. The van der Waals surface area contributed by atoms with E-state index in [4.69, 9.17) is 15.7 Å².